The average molecular weight is 344 g/mol. The van der Waals surface area contributed by atoms with Crippen molar-refractivity contribution in [3.63, 3.8) is 0 Å². The molecule has 2 unspecified atom stereocenters. The van der Waals surface area contributed by atoms with Crippen molar-refractivity contribution in [3.05, 3.63) is 29.8 Å². The summed E-state index contributed by atoms with van der Waals surface area (Å²) in [6.07, 6.45) is 3.07. The van der Waals surface area contributed by atoms with Gasteiger partial charge in [0.2, 0.25) is 0 Å². The molecule has 8 heteroatoms. The molecular formula is C17H20N4O4. The summed E-state index contributed by atoms with van der Waals surface area (Å²) in [6.45, 7) is 0. The number of aliphatic imine (C=N–C) groups is 1. The quantitative estimate of drug-likeness (QED) is 0.879. The molecule has 0 aliphatic carbocycles. The number of nitrogens with one attached hydrogen (secondary N) is 1. The summed E-state index contributed by atoms with van der Waals surface area (Å²) in [6, 6.07) is 4.57. The van der Waals surface area contributed by atoms with Crippen molar-refractivity contribution in [1.82, 2.24) is 15.1 Å². The van der Waals surface area contributed by atoms with Crippen molar-refractivity contribution in [2.45, 2.75) is 12.2 Å². The van der Waals surface area contributed by atoms with E-state index in [9.17, 15) is 9.59 Å². The number of carbonyl (C=O) groups is 2. The number of carbonyl (C=O) groups excluding carboxylic acids is 2. The fourth-order valence-electron chi connectivity index (χ4n) is 2.83. The molecular weight excluding hydrogens is 324 g/mol. The van der Waals surface area contributed by atoms with Crippen LogP contribution in [0.5, 0.6) is 11.5 Å². The van der Waals surface area contributed by atoms with Crippen LogP contribution >= 0.6 is 0 Å². The summed E-state index contributed by atoms with van der Waals surface area (Å²) in [7, 11) is 6.28. The van der Waals surface area contributed by atoms with Crippen molar-refractivity contribution < 1.29 is 19.1 Å². The van der Waals surface area contributed by atoms with Crippen LogP contribution < -0.4 is 14.8 Å². The Hall–Kier alpha value is -3.03. The summed E-state index contributed by atoms with van der Waals surface area (Å²) in [5, 5.41) is 3.07. The number of hydrogen-bond acceptors (Lipinski definition) is 6. The fraction of sp³-hybridized carbons (Fsp3) is 0.353. The van der Waals surface area contributed by atoms with Gasteiger partial charge in [-0.05, 0) is 23.8 Å². The molecule has 1 fully saturated rings. The average Bonchev–Trinajstić information content (AvgIpc) is 3.07. The Kier molecular flexibility index (Phi) is 4.35. The first-order valence-electron chi connectivity index (χ1n) is 7.74. The van der Waals surface area contributed by atoms with Crippen LogP contribution in [-0.4, -0.2) is 68.1 Å². The molecule has 2 aliphatic rings. The number of urea groups is 1. The predicted octanol–water partition coefficient (Wildman–Crippen LogP) is 0.937. The second-order valence-corrected chi connectivity index (χ2v) is 5.82. The molecule has 0 radical (unpaired) electrons. The predicted molar refractivity (Wildman–Crippen MR) is 92.7 cm³/mol. The highest BCUT2D eigenvalue weighted by atomic mass is 16.5. The Balaban J connectivity index is 1.82. The zero-order chi connectivity index (χ0) is 18.1. The van der Waals surface area contributed by atoms with Crippen LogP contribution in [0.25, 0.3) is 6.08 Å². The first kappa shape index (κ1) is 16.8. The van der Waals surface area contributed by atoms with E-state index in [0.29, 0.717) is 17.3 Å². The number of rotatable bonds is 4. The summed E-state index contributed by atoms with van der Waals surface area (Å²) in [5.41, 5.74) is 0.864. The Morgan fingerprint density at radius 3 is 2.32 bits per heavy atom. The van der Waals surface area contributed by atoms with Crippen molar-refractivity contribution in [1.29, 1.82) is 0 Å². The molecule has 1 aromatic rings. The number of likely N-dealkylation sites (N-methyl/N-ethyl adjacent to an activating group) is 2. The number of nitrogens with zero attached hydrogens (tertiary/aromatic N) is 3. The summed E-state index contributed by atoms with van der Waals surface area (Å²) in [5.74, 6) is 1.61. The van der Waals surface area contributed by atoms with E-state index in [4.69, 9.17) is 9.47 Å². The second-order valence-electron chi connectivity index (χ2n) is 5.82. The molecule has 0 spiro atoms. The maximum atomic E-state index is 12.2. The highest BCUT2D eigenvalue weighted by Gasteiger charge is 2.46. The SMILES string of the molecule is COc1cc(/C=C/C2=NC3C(N2)C(=O)N(C)C(=O)N3C)cc(OC)c1. The molecule has 0 bridgehead atoms. The Labute approximate surface area is 145 Å². The minimum absolute atomic E-state index is 0.289. The number of amidine groups is 1. The van der Waals surface area contributed by atoms with Crippen molar-refractivity contribution >= 4 is 23.8 Å². The molecule has 0 aromatic heterocycles. The topological polar surface area (TPSA) is 83.5 Å². The monoisotopic (exact) mass is 344 g/mol. The number of ether oxygens (including phenoxy) is 2. The highest BCUT2D eigenvalue weighted by molar-refractivity contribution is 6.07. The molecule has 2 aliphatic heterocycles. The zero-order valence-corrected chi connectivity index (χ0v) is 14.5. The largest absolute Gasteiger partial charge is 0.497 e. The number of amides is 3. The maximum absolute atomic E-state index is 12.2. The maximum Gasteiger partial charge on any atom is 0.328 e. The van der Waals surface area contributed by atoms with Crippen molar-refractivity contribution in [2.24, 2.45) is 4.99 Å². The Morgan fingerprint density at radius 2 is 1.72 bits per heavy atom. The molecule has 1 aromatic carbocycles. The Morgan fingerprint density at radius 1 is 1.08 bits per heavy atom. The third kappa shape index (κ3) is 3.02. The van der Waals surface area contributed by atoms with E-state index in [1.54, 1.807) is 33.4 Å². The van der Waals surface area contributed by atoms with E-state index in [1.807, 2.05) is 18.2 Å². The van der Waals surface area contributed by atoms with Crippen LogP contribution in [0.3, 0.4) is 0 Å². The molecule has 2 atom stereocenters. The van der Waals surface area contributed by atoms with Crippen LogP contribution in [0.2, 0.25) is 0 Å². The van der Waals surface area contributed by atoms with Crippen molar-refractivity contribution in [2.75, 3.05) is 28.3 Å². The first-order valence-corrected chi connectivity index (χ1v) is 7.74. The third-order valence-corrected chi connectivity index (χ3v) is 4.26. The van der Waals surface area contributed by atoms with E-state index in [0.717, 1.165) is 10.5 Å². The van der Waals surface area contributed by atoms with Gasteiger partial charge in [-0.3, -0.25) is 9.69 Å². The van der Waals surface area contributed by atoms with Crippen LogP contribution in [0, 0.1) is 0 Å². The molecule has 1 saturated heterocycles. The molecule has 1 N–H and O–H groups in total. The normalized spacial score (nSPS) is 22.8. The number of fused-ring (bicyclic) bond motifs is 1. The van der Waals surface area contributed by atoms with Gasteiger partial charge in [-0.1, -0.05) is 6.08 Å². The number of benzene rings is 1. The van der Waals surface area contributed by atoms with Crippen LogP contribution in [0.15, 0.2) is 29.3 Å². The molecule has 0 saturated carbocycles. The van der Waals surface area contributed by atoms with Crippen molar-refractivity contribution in [3.8, 4) is 11.5 Å². The van der Waals surface area contributed by atoms with E-state index in [1.165, 1.54) is 11.9 Å². The van der Waals surface area contributed by atoms with Gasteiger partial charge in [-0.25, -0.2) is 9.79 Å². The number of methoxy groups -OCH3 is 2. The third-order valence-electron chi connectivity index (χ3n) is 4.26. The second kappa shape index (κ2) is 6.46. The lowest BCUT2D eigenvalue weighted by atomic mass is 10.1. The van der Waals surface area contributed by atoms with E-state index >= 15 is 0 Å². The molecule has 3 amide bonds. The van der Waals surface area contributed by atoms with E-state index in [2.05, 4.69) is 10.3 Å². The van der Waals surface area contributed by atoms with E-state index in [-0.39, 0.29) is 11.9 Å². The number of hydrogen-bond donors (Lipinski definition) is 1. The van der Waals surface area contributed by atoms with Gasteiger partial charge < -0.3 is 19.7 Å². The summed E-state index contributed by atoms with van der Waals surface area (Å²) in [4.78, 5) is 31.2. The lowest BCUT2D eigenvalue weighted by molar-refractivity contribution is -0.133. The van der Waals surface area contributed by atoms with Gasteiger partial charge >= 0.3 is 6.03 Å². The fourth-order valence-corrected chi connectivity index (χ4v) is 2.83. The van der Waals surface area contributed by atoms with Gasteiger partial charge in [0.25, 0.3) is 5.91 Å². The minimum Gasteiger partial charge on any atom is -0.497 e. The zero-order valence-electron chi connectivity index (χ0n) is 14.5. The van der Waals surface area contributed by atoms with Gasteiger partial charge in [0.15, 0.2) is 6.17 Å². The van der Waals surface area contributed by atoms with Crippen LogP contribution in [-0.2, 0) is 4.79 Å². The molecule has 132 valence electrons. The molecule has 3 rings (SSSR count). The van der Waals surface area contributed by atoms with Crippen LogP contribution in [0.4, 0.5) is 4.79 Å². The standard InChI is InChI=1S/C17H20N4O4/c1-20-15-14(16(22)21(2)17(20)23)18-13(19-15)6-5-10-7-11(24-3)9-12(8-10)25-4/h5-9,14-15H,1-4H3,(H,18,19)/b6-5+. The van der Waals surface area contributed by atoms with Gasteiger partial charge in [-0.15, -0.1) is 0 Å². The van der Waals surface area contributed by atoms with Gasteiger partial charge in [-0.2, -0.15) is 0 Å². The minimum atomic E-state index is -0.563. The highest BCUT2D eigenvalue weighted by Crippen LogP contribution is 2.24. The lowest BCUT2D eigenvalue weighted by Gasteiger charge is -2.36. The van der Waals surface area contributed by atoms with Gasteiger partial charge in [0.1, 0.15) is 23.4 Å². The van der Waals surface area contributed by atoms with Gasteiger partial charge in [0, 0.05) is 20.2 Å². The van der Waals surface area contributed by atoms with Gasteiger partial charge in [0.05, 0.1) is 14.2 Å². The van der Waals surface area contributed by atoms with Crippen LogP contribution in [0.1, 0.15) is 5.56 Å². The summed E-state index contributed by atoms with van der Waals surface area (Å²) < 4.78 is 10.5. The molecule has 25 heavy (non-hydrogen) atoms. The molecule has 8 nitrogen and oxygen atoms in total. The Bertz CT molecular complexity index is 752. The van der Waals surface area contributed by atoms with E-state index < -0.39 is 12.2 Å². The lowest BCUT2D eigenvalue weighted by Crippen LogP contribution is -2.63. The molecule has 2 heterocycles. The number of imide groups is 1. The first-order chi connectivity index (χ1) is 11.9. The smallest absolute Gasteiger partial charge is 0.328 e. The summed E-state index contributed by atoms with van der Waals surface area (Å²) >= 11 is 0.